The van der Waals surface area contributed by atoms with E-state index in [0.717, 1.165) is 51.1 Å². The van der Waals surface area contributed by atoms with Crippen LogP contribution >= 0.6 is 0 Å². The monoisotopic (exact) mass is 279 g/mol. The number of nitrogens with zero attached hydrogens (tertiary/aromatic N) is 1. The molecule has 0 amide bonds. The number of hydrogen-bond acceptors (Lipinski definition) is 3. The van der Waals surface area contributed by atoms with Gasteiger partial charge in [0, 0.05) is 13.2 Å². The van der Waals surface area contributed by atoms with Crippen molar-refractivity contribution in [2.75, 3.05) is 33.4 Å². The zero-order valence-electron chi connectivity index (χ0n) is 13.2. The highest BCUT2D eigenvalue weighted by molar-refractivity contribution is 5.32. The van der Waals surface area contributed by atoms with Gasteiger partial charge in [-0.2, -0.15) is 0 Å². The van der Waals surface area contributed by atoms with Crippen LogP contribution in [0.3, 0.4) is 0 Å². The Morgan fingerprint density at radius 1 is 0.950 bits per heavy atom. The van der Waals surface area contributed by atoms with Gasteiger partial charge < -0.3 is 14.7 Å². The van der Waals surface area contributed by atoms with Crippen LogP contribution in [0.25, 0.3) is 0 Å². The van der Waals surface area contributed by atoms with Crippen molar-refractivity contribution in [3.8, 4) is 5.75 Å². The van der Waals surface area contributed by atoms with Gasteiger partial charge in [-0.25, -0.2) is 0 Å². The molecule has 0 radical (unpaired) electrons. The molecule has 0 saturated heterocycles. The van der Waals surface area contributed by atoms with Gasteiger partial charge in [-0.3, -0.25) is 0 Å². The molecule has 0 heterocycles. The van der Waals surface area contributed by atoms with Gasteiger partial charge in [-0.1, -0.05) is 6.07 Å². The molecule has 0 aromatic heterocycles. The third kappa shape index (κ3) is 7.51. The number of rotatable bonds is 10. The number of ether oxygens (including phenoxy) is 1. The standard InChI is InChI=1S/C17H29NO2/c1-15-12-16(2)14-17(13-15)20-11-7-9-18(3)8-5-4-6-10-19/h12-14,19H,4-11H2,1-3H3. The third-order valence-electron chi connectivity index (χ3n) is 3.35. The quantitative estimate of drug-likeness (QED) is 0.668. The molecular weight excluding hydrogens is 250 g/mol. The van der Waals surface area contributed by atoms with Crippen LogP contribution in [0.5, 0.6) is 5.75 Å². The zero-order chi connectivity index (χ0) is 14.8. The van der Waals surface area contributed by atoms with Crippen LogP contribution in [0.15, 0.2) is 18.2 Å². The van der Waals surface area contributed by atoms with Crippen molar-refractivity contribution < 1.29 is 9.84 Å². The van der Waals surface area contributed by atoms with Gasteiger partial charge >= 0.3 is 0 Å². The largest absolute Gasteiger partial charge is 0.494 e. The predicted octanol–water partition coefficient (Wildman–Crippen LogP) is 3.17. The van der Waals surface area contributed by atoms with Crippen molar-refractivity contribution in [1.82, 2.24) is 4.90 Å². The van der Waals surface area contributed by atoms with Crippen LogP contribution in [0.1, 0.15) is 36.8 Å². The molecule has 0 spiro atoms. The van der Waals surface area contributed by atoms with Crippen LogP contribution in [0.4, 0.5) is 0 Å². The first-order valence-corrected chi connectivity index (χ1v) is 7.62. The Balaban J connectivity index is 2.11. The number of benzene rings is 1. The Morgan fingerprint density at radius 2 is 1.60 bits per heavy atom. The highest BCUT2D eigenvalue weighted by atomic mass is 16.5. The molecule has 1 rings (SSSR count). The molecule has 0 fully saturated rings. The first-order valence-electron chi connectivity index (χ1n) is 7.62. The topological polar surface area (TPSA) is 32.7 Å². The fourth-order valence-electron chi connectivity index (χ4n) is 2.32. The summed E-state index contributed by atoms with van der Waals surface area (Å²) in [6, 6.07) is 6.34. The van der Waals surface area contributed by atoms with Crippen LogP contribution < -0.4 is 4.74 Å². The van der Waals surface area contributed by atoms with Gasteiger partial charge in [0.15, 0.2) is 0 Å². The summed E-state index contributed by atoms with van der Waals surface area (Å²) in [6.45, 7) is 7.44. The van der Waals surface area contributed by atoms with Crippen molar-refractivity contribution >= 4 is 0 Å². The second-order valence-corrected chi connectivity index (χ2v) is 5.61. The molecule has 20 heavy (non-hydrogen) atoms. The Bertz CT molecular complexity index is 359. The Labute approximate surface area is 123 Å². The van der Waals surface area contributed by atoms with E-state index in [1.807, 2.05) is 0 Å². The van der Waals surface area contributed by atoms with E-state index in [9.17, 15) is 0 Å². The second-order valence-electron chi connectivity index (χ2n) is 5.61. The first kappa shape index (κ1) is 17.0. The summed E-state index contributed by atoms with van der Waals surface area (Å²) in [5, 5.41) is 8.72. The molecule has 1 aromatic rings. The minimum Gasteiger partial charge on any atom is -0.494 e. The summed E-state index contributed by atoms with van der Waals surface area (Å²) in [4.78, 5) is 2.34. The molecule has 3 heteroatoms. The molecule has 0 unspecified atom stereocenters. The van der Waals surface area contributed by atoms with Gasteiger partial charge in [-0.15, -0.1) is 0 Å². The van der Waals surface area contributed by atoms with Crippen molar-refractivity contribution in [2.45, 2.75) is 39.5 Å². The molecule has 0 atom stereocenters. The maximum Gasteiger partial charge on any atom is 0.119 e. The smallest absolute Gasteiger partial charge is 0.119 e. The summed E-state index contributed by atoms with van der Waals surface area (Å²) in [6.07, 6.45) is 4.24. The summed E-state index contributed by atoms with van der Waals surface area (Å²) in [5.41, 5.74) is 2.50. The molecule has 1 N–H and O–H groups in total. The molecule has 1 aromatic carbocycles. The Hall–Kier alpha value is -1.06. The van der Waals surface area contributed by atoms with Gasteiger partial charge in [0.1, 0.15) is 5.75 Å². The number of unbranched alkanes of at least 4 members (excludes halogenated alkanes) is 2. The fourth-order valence-corrected chi connectivity index (χ4v) is 2.32. The zero-order valence-corrected chi connectivity index (χ0v) is 13.2. The summed E-state index contributed by atoms with van der Waals surface area (Å²) in [5.74, 6) is 0.980. The first-order chi connectivity index (χ1) is 9.61. The third-order valence-corrected chi connectivity index (χ3v) is 3.35. The highest BCUT2D eigenvalue weighted by Crippen LogP contribution is 2.16. The molecule has 0 saturated carbocycles. The molecule has 114 valence electrons. The van der Waals surface area contributed by atoms with E-state index >= 15 is 0 Å². The van der Waals surface area contributed by atoms with Crippen molar-refractivity contribution in [1.29, 1.82) is 0 Å². The summed E-state index contributed by atoms with van der Waals surface area (Å²) in [7, 11) is 2.15. The van der Waals surface area contributed by atoms with E-state index in [2.05, 4.69) is 44.0 Å². The van der Waals surface area contributed by atoms with Gasteiger partial charge in [-0.05, 0) is 76.4 Å². The lowest BCUT2D eigenvalue weighted by Crippen LogP contribution is -2.22. The number of aryl methyl sites for hydroxylation is 2. The maximum absolute atomic E-state index is 8.72. The lowest BCUT2D eigenvalue weighted by Gasteiger charge is -2.16. The fraction of sp³-hybridized carbons (Fsp3) is 0.647. The van der Waals surface area contributed by atoms with E-state index in [4.69, 9.17) is 9.84 Å². The highest BCUT2D eigenvalue weighted by Gasteiger charge is 2.00. The normalized spacial score (nSPS) is 11.1. The van der Waals surface area contributed by atoms with Crippen molar-refractivity contribution in [2.24, 2.45) is 0 Å². The number of aliphatic hydroxyl groups excluding tert-OH is 1. The maximum atomic E-state index is 8.72. The SMILES string of the molecule is Cc1cc(C)cc(OCCCN(C)CCCCCO)c1. The van der Waals surface area contributed by atoms with E-state index < -0.39 is 0 Å². The van der Waals surface area contributed by atoms with Gasteiger partial charge in [0.2, 0.25) is 0 Å². The number of hydrogen-bond donors (Lipinski definition) is 1. The molecule has 3 nitrogen and oxygen atoms in total. The average Bonchev–Trinajstić information content (AvgIpc) is 2.39. The van der Waals surface area contributed by atoms with Crippen molar-refractivity contribution in [3.63, 3.8) is 0 Å². The van der Waals surface area contributed by atoms with E-state index in [0.29, 0.717) is 6.61 Å². The Kier molecular flexibility index (Phi) is 8.31. The van der Waals surface area contributed by atoms with Gasteiger partial charge in [0.25, 0.3) is 0 Å². The van der Waals surface area contributed by atoms with E-state index in [1.165, 1.54) is 11.1 Å². The molecule has 0 aliphatic heterocycles. The molecule has 0 bridgehead atoms. The molecule has 0 aliphatic carbocycles. The second kappa shape index (κ2) is 9.78. The van der Waals surface area contributed by atoms with E-state index in [-0.39, 0.29) is 0 Å². The lowest BCUT2D eigenvalue weighted by molar-refractivity contribution is 0.252. The summed E-state index contributed by atoms with van der Waals surface area (Å²) >= 11 is 0. The Morgan fingerprint density at radius 3 is 2.25 bits per heavy atom. The van der Waals surface area contributed by atoms with Crippen LogP contribution in [-0.4, -0.2) is 43.4 Å². The lowest BCUT2D eigenvalue weighted by atomic mass is 10.1. The molecule has 0 aliphatic rings. The van der Waals surface area contributed by atoms with Crippen molar-refractivity contribution in [3.05, 3.63) is 29.3 Å². The minimum atomic E-state index is 0.313. The predicted molar refractivity (Wildman–Crippen MR) is 84.5 cm³/mol. The average molecular weight is 279 g/mol. The van der Waals surface area contributed by atoms with Gasteiger partial charge in [0.05, 0.1) is 6.61 Å². The summed E-state index contributed by atoms with van der Waals surface area (Å²) < 4.78 is 5.80. The number of aliphatic hydroxyl groups is 1. The van der Waals surface area contributed by atoms with E-state index in [1.54, 1.807) is 0 Å². The minimum absolute atomic E-state index is 0.313. The van der Waals surface area contributed by atoms with Crippen LogP contribution in [-0.2, 0) is 0 Å². The molecular formula is C17H29NO2. The van der Waals surface area contributed by atoms with Crippen LogP contribution in [0, 0.1) is 13.8 Å². The van der Waals surface area contributed by atoms with Crippen LogP contribution in [0.2, 0.25) is 0 Å².